The van der Waals surface area contributed by atoms with Crippen molar-refractivity contribution in [2.75, 3.05) is 0 Å². The average molecular weight is 319 g/mol. The van der Waals surface area contributed by atoms with E-state index in [-0.39, 0.29) is 11.6 Å². The topological polar surface area (TPSA) is 52.0 Å². The number of ketones is 2. The number of fused-ring (bicyclic) bond motifs is 1. The fourth-order valence-electron chi connectivity index (χ4n) is 2.40. The van der Waals surface area contributed by atoms with Crippen LogP contribution in [-0.4, -0.2) is 21.1 Å². The highest BCUT2D eigenvalue weighted by atomic mass is 79.9. The second kappa shape index (κ2) is 4.42. The molecule has 5 heteroatoms. The lowest BCUT2D eigenvalue weighted by molar-refractivity contribution is 0.0819. The molecule has 4 nitrogen and oxygen atoms in total. The molecule has 0 aliphatic heterocycles. The number of carbonyl (C=O) groups is 2. The van der Waals surface area contributed by atoms with E-state index in [2.05, 4.69) is 20.9 Å². The summed E-state index contributed by atoms with van der Waals surface area (Å²) in [5, 5.41) is 0. The Hall–Kier alpha value is -1.75. The number of hydrogen-bond acceptors (Lipinski definition) is 3. The van der Waals surface area contributed by atoms with Crippen LogP contribution in [0, 0.1) is 5.92 Å². The van der Waals surface area contributed by atoms with Gasteiger partial charge in [0.25, 0.3) is 0 Å². The van der Waals surface area contributed by atoms with Gasteiger partial charge in [0.1, 0.15) is 5.69 Å². The molecule has 96 valence electrons. The molecule has 0 spiro atoms. The highest BCUT2D eigenvalue weighted by molar-refractivity contribution is 9.10. The first-order chi connectivity index (χ1) is 9.06. The molecule has 1 aromatic heterocycles. The van der Waals surface area contributed by atoms with Crippen LogP contribution >= 0.6 is 15.9 Å². The monoisotopic (exact) mass is 318 g/mol. The van der Waals surface area contributed by atoms with Crippen LogP contribution in [0.2, 0.25) is 0 Å². The molecular formula is C14H11BrN2O2. The van der Waals surface area contributed by atoms with Crippen LogP contribution in [0.5, 0.6) is 0 Å². The Balaban J connectivity index is 1.93. The molecule has 0 saturated carbocycles. The summed E-state index contributed by atoms with van der Waals surface area (Å²) < 4.78 is 2.63. The molecule has 1 heterocycles. The SMILES string of the molecule is Cn1cnc(C(=O)C2Cc3cc(Br)ccc3C2=O)c1. The number of aromatic nitrogens is 2. The fraction of sp³-hybridized carbons (Fsp3) is 0.214. The number of aryl methyl sites for hydroxylation is 1. The van der Waals surface area contributed by atoms with E-state index in [1.807, 2.05) is 12.1 Å². The lowest BCUT2D eigenvalue weighted by Crippen LogP contribution is -2.21. The fourth-order valence-corrected chi connectivity index (χ4v) is 2.81. The first-order valence-corrected chi connectivity index (χ1v) is 6.70. The van der Waals surface area contributed by atoms with Crippen LogP contribution in [0.1, 0.15) is 26.4 Å². The molecule has 2 aromatic rings. The summed E-state index contributed by atoms with van der Waals surface area (Å²) in [6.07, 6.45) is 3.67. The van der Waals surface area contributed by atoms with Gasteiger partial charge in [0, 0.05) is 23.3 Å². The Morgan fingerprint density at radius 1 is 1.47 bits per heavy atom. The van der Waals surface area contributed by atoms with Crippen LogP contribution < -0.4 is 0 Å². The van der Waals surface area contributed by atoms with Crippen molar-refractivity contribution in [3.63, 3.8) is 0 Å². The van der Waals surface area contributed by atoms with Gasteiger partial charge in [-0.2, -0.15) is 0 Å². The van der Waals surface area contributed by atoms with Crippen molar-refractivity contribution < 1.29 is 9.59 Å². The molecule has 0 amide bonds. The van der Waals surface area contributed by atoms with Crippen LogP contribution in [-0.2, 0) is 13.5 Å². The largest absolute Gasteiger partial charge is 0.340 e. The first kappa shape index (κ1) is 12.3. The summed E-state index contributed by atoms with van der Waals surface area (Å²) in [6, 6.07) is 5.50. The maximum absolute atomic E-state index is 12.3. The Morgan fingerprint density at radius 2 is 2.26 bits per heavy atom. The molecule has 1 aliphatic carbocycles. The third-order valence-electron chi connectivity index (χ3n) is 3.35. The number of benzene rings is 1. The minimum Gasteiger partial charge on any atom is -0.340 e. The molecule has 0 saturated heterocycles. The molecule has 1 aromatic carbocycles. The third kappa shape index (κ3) is 2.04. The molecule has 3 rings (SSSR count). The second-order valence-corrected chi connectivity index (χ2v) is 5.63. The number of hydrogen-bond donors (Lipinski definition) is 0. The van der Waals surface area contributed by atoms with Crippen LogP contribution in [0.25, 0.3) is 0 Å². The van der Waals surface area contributed by atoms with Gasteiger partial charge in [-0.3, -0.25) is 9.59 Å². The quantitative estimate of drug-likeness (QED) is 0.631. The van der Waals surface area contributed by atoms with Crippen LogP contribution in [0.4, 0.5) is 0 Å². The van der Waals surface area contributed by atoms with Crippen molar-refractivity contribution in [1.29, 1.82) is 0 Å². The number of nitrogens with zero attached hydrogens (tertiary/aromatic N) is 2. The Morgan fingerprint density at radius 3 is 2.95 bits per heavy atom. The Kier molecular flexibility index (Phi) is 2.86. The number of Topliss-reactive ketones (excluding diaryl/α,β-unsaturated/α-hetero) is 2. The molecule has 0 radical (unpaired) electrons. The highest BCUT2D eigenvalue weighted by Gasteiger charge is 2.36. The zero-order valence-electron chi connectivity index (χ0n) is 10.3. The van der Waals surface area contributed by atoms with Crippen LogP contribution in [0.15, 0.2) is 35.2 Å². The number of imidazole rings is 1. The van der Waals surface area contributed by atoms with Crippen molar-refractivity contribution in [3.05, 3.63) is 52.0 Å². The van der Waals surface area contributed by atoms with E-state index in [1.54, 1.807) is 30.2 Å². The number of carbonyl (C=O) groups excluding carboxylic acids is 2. The van der Waals surface area contributed by atoms with Gasteiger partial charge in [0.2, 0.25) is 0 Å². The molecule has 19 heavy (non-hydrogen) atoms. The summed E-state index contributed by atoms with van der Waals surface area (Å²) in [7, 11) is 1.80. The summed E-state index contributed by atoms with van der Waals surface area (Å²) >= 11 is 3.38. The molecule has 0 bridgehead atoms. The van der Waals surface area contributed by atoms with E-state index < -0.39 is 5.92 Å². The molecule has 0 fully saturated rings. The summed E-state index contributed by atoms with van der Waals surface area (Å²) in [5.74, 6) is -0.921. The smallest absolute Gasteiger partial charge is 0.193 e. The van der Waals surface area contributed by atoms with Crippen molar-refractivity contribution in [2.24, 2.45) is 13.0 Å². The van der Waals surface area contributed by atoms with Crippen molar-refractivity contribution in [2.45, 2.75) is 6.42 Å². The van der Waals surface area contributed by atoms with E-state index in [9.17, 15) is 9.59 Å². The Labute approximate surface area is 118 Å². The van der Waals surface area contributed by atoms with E-state index in [1.165, 1.54) is 0 Å². The van der Waals surface area contributed by atoms with Gasteiger partial charge in [-0.1, -0.05) is 15.9 Å². The highest BCUT2D eigenvalue weighted by Crippen LogP contribution is 2.30. The Bertz CT molecular complexity index is 691. The molecule has 1 atom stereocenters. The van der Waals surface area contributed by atoms with E-state index in [0.29, 0.717) is 17.7 Å². The van der Waals surface area contributed by atoms with Gasteiger partial charge in [0.15, 0.2) is 11.6 Å². The maximum Gasteiger partial charge on any atom is 0.193 e. The van der Waals surface area contributed by atoms with E-state index >= 15 is 0 Å². The summed E-state index contributed by atoms with van der Waals surface area (Å²) in [6.45, 7) is 0. The number of rotatable bonds is 2. The average Bonchev–Trinajstić information content (AvgIpc) is 2.93. The predicted molar refractivity (Wildman–Crippen MR) is 73.2 cm³/mol. The lowest BCUT2D eigenvalue weighted by Gasteiger charge is -2.03. The van der Waals surface area contributed by atoms with Gasteiger partial charge in [-0.15, -0.1) is 0 Å². The zero-order valence-corrected chi connectivity index (χ0v) is 11.8. The van der Waals surface area contributed by atoms with Crippen molar-refractivity contribution in [3.8, 4) is 0 Å². The normalized spacial score (nSPS) is 17.6. The lowest BCUT2D eigenvalue weighted by atomic mass is 9.98. The van der Waals surface area contributed by atoms with Crippen molar-refractivity contribution in [1.82, 2.24) is 9.55 Å². The van der Waals surface area contributed by atoms with Crippen LogP contribution in [0.3, 0.4) is 0 Å². The maximum atomic E-state index is 12.3. The minimum absolute atomic E-state index is 0.0989. The second-order valence-electron chi connectivity index (χ2n) is 4.71. The molecule has 1 unspecified atom stereocenters. The molecule has 1 aliphatic rings. The summed E-state index contributed by atoms with van der Waals surface area (Å²) in [4.78, 5) is 28.6. The third-order valence-corrected chi connectivity index (χ3v) is 3.84. The minimum atomic E-state index is -0.626. The first-order valence-electron chi connectivity index (χ1n) is 5.91. The van der Waals surface area contributed by atoms with Gasteiger partial charge in [0.05, 0.1) is 12.2 Å². The number of halogens is 1. The van der Waals surface area contributed by atoms with Gasteiger partial charge in [-0.25, -0.2) is 4.98 Å². The standard InChI is InChI=1S/C14H11BrN2O2/c1-17-6-12(16-7-17)14(19)11-5-8-4-9(15)2-3-10(8)13(11)18/h2-4,6-7,11H,5H2,1H3. The van der Waals surface area contributed by atoms with Gasteiger partial charge in [-0.05, 0) is 30.2 Å². The zero-order chi connectivity index (χ0) is 13.6. The predicted octanol–water partition coefficient (Wildman–Crippen LogP) is 2.42. The molecule has 0 N–H and O–H groups in total. The van der Waals surface area contributed by atoms with E-state index in [4.69, 9.17) is 0 Å². The summed E-state index contributed by atoms with van der Waals surface area (Å²) in [5.41, 5.74) is 1.93. The van der Waals surface area contributed by atoms with E-state index in [0.717, 1.165) is 10.0 Å². The van der Waals surface area contributed by atoms with Gasteiger partial charge < -0.3 is 4.57 Å². The van der Waals surface area contributed by atoms with Gasteiger partial charge >= 0.3 is 0 Å². The molecular weight excluding hydrogens is 308 g/mol. The van der Waals surface area contributed by atoms with Crippen molar-refractivity contribution >= 4 is 27.5 Å².